The van der Waals surface area contributed by atoms with Gasteiger partial charge in [-0.1, -0.05) is 38.5 Å². The van der Waals surface area contributed by atoms with Gasteiger partial charge in [0.25, 0.3) is 0 Å². The fourth-order valence-corrected chi connectivity index (χ4v) is 7.63. The van der Waals surface area contributed by atoms with Crippen LogP contribution in [-0.4, -0.2) is 10.7 Å². The molecule has 134 valence electrons. The largest absolute Gasteiger partial charge is 0.390 e. The van der Waals surface area contributed by atoms with Crippen LogP contribution in [0, 0.1) is 40.4 Å². The van der Waals surface area contributed by atoms with Crippen molar-refractivity contribution in [3.63, 3.8) is 0 Å². The van der Waals surface area contributed by atoms with Gasteiger partial charge in [0.05, 0.1) is 5.60 Å². The minimum atomic E-state index is -0.451. The predicted octanol–water partition coefficient (Wildman–Crippen LogP) is 5.75. The zero-order chi connectivity index (χ0) is 17.3. The number of allylic oxidation sites excluding steroid dienone is 3. The van der Waals surface area contributed by atoms with E-state index >= 15 is 0 Å². The lowest BCUT2D eigenvalue weighted by atomic mass is 9.45. The van der Waals surface area contributed by atoms with Gasteiger partial charge in [0, 0.05) is 0 Å². The summed E-state index contributed by atoms with van der Waals surface area (Å²) in [5, 5.41) is 11.0. The van der Waals surface area contributed by atoms with Gasteiger partial charge in [-0.2, -0.15) is 0 Å². The first-order valence-electron chi connectivity index (χ1n) is 10.3. The van der Waals surface area contributed by atoms with Gasteiger partial charge in [-0.25, -0.2) is 0 Å². The van der Waals surface area contributed by atoms with Crippen LogP contribution in [0.1, 0.15) is 72.6 Å². The van der Waals surface area contributed by atoms with E-state index in [9.17, 15) is 5.11 Å². The van der Waals surface area contributed by atoms with Gasteiger partial charge in [-0.15, -0.1) is 6.58 Å². The lowest BCUT2D eigenvalue weighted by molar-refractivity contribution is -0.119. The molecule has 1 N–H and O–H groups in total. The second-order valence-corrected chi connectivity index (χ2v) is 10.3. The Balaban J connectivity index is 1.69. The van der Waals surface area contributed by atoms with Crippen LogP contribution in [0.2, 0.25) is 0 Å². The normalized spacial score (nSPS) is 56.7. The van der Waals surface area contributed by atoms with Gasteiger partial charge in [-0.05, 0) is 92.3 Å². The van der Waals surface area contributed by atoms with Gasteiger partial charge >= 0.3 is 0 Å². The highest BCUT2D eigenvalue weighted by Gasteiger charge is 2.62. The molecule has 4 rings (SSSR count). The van der Waals surface area contributed by atoms with Gasteiger partial charge < -0.3 is 5.11 Å². The summed E-state index contributed by atoms with van der Waals surface area (Å²) in [5.74, 6) is 3.68. The molecule has 24 heavy (non-hydrogen) atoms. The number of aliphatic hydroxyl groups is 1. The van der Waals surface area contributed by atoms with Crippen molar-refractivity contribution < 1.29 is 5.11 Å². The molecule has 3 saturated carbocycles. The Morgan fingerprint density at radius 3 is 2.54 bits per heavy atom. The van der Waals surface area contributed by atoms with Gasteiger partial charge in [-0.3, -0.25) is 0 Å². The second-order valence-electron chi connectivity index (χ2n) is 10.3. The second kappa shape index (κ2) is 5.22. The lowest BCUT2D eigenvalue weighted by Gasteiger charge is -2.60. The average molecular weight is 329 g/mol. The molecule has 0 aliphatic heterocycles. The molecule has 0 aromatic heterocycles. The summed E-state index contributed by atoms with van der Waals surface area (Å²) in [6, 6.07) is 0. The summed E-state index contributed by atoms with van der Waals surface area (Å²) in [7, 11) is 0. The van der Waals surface area contributed by atoms with E-state index in [1.165, 1.54) is 38.5 Å². The molecule has 0 aromatic carbocycles. The first-order valence-corrected chi connectivity index (χ1v) is 10.3. The molecule has 4 aliphatic rings. The maximum atomic E-state index is 11.0. The minimum Gasteiger partial charge on any atom is -0.390 e. The van der Waals surface area contributed by atoms with Crippen LogP contribution < -0.4 is 0 Å². The van der Waals surface area contributed by atoms with Crippen molar-refractivity contribution in [2.24, 2.45) is 40.4 Å². The molecule has 1 heteroatoms. The third kappa shape index (κ3) is 2.03. The highest BCUT2D eigenvalue weighted by atomic mass is 16.3. The smallest absolute Gasteiger partial charge is 0.0675 e. The van der Waals surface area contributed by atoms with Crippen LogP contribution in [0.5, 0.6) is 0 Å². The highest BCUT2D eigenvalue weighted by Crippen LogP contribution is 2.68. The number of hydrogen-bond acceptors (Lipinski definition) is 1. The molecule has 4 aliphatic carbocycles. The van der Waals surface area contributed by atoms with Crippen molar-refractivity contribution in [1.82, 2.24) is 0 Å². The Labute approximate surface area is 148 Å². The zero-order valence-corrected chi connectivity index (χ0v) is 16.1. The van der Waals surface area contributed by atoms with Crippen LogP contribution in [-0.2, 0) is 0 Å². The number of fused-ring (bicyclic) bond motifs is 5. The Bertz CT molecular complexity index is 573. The number of rotatable bonds is 1. The maximum absolute atomic E-state index is 11.0. The van der Waals surface area contributed by atoms with Crippen molar-refractivity contribution in [2.45, 2.75) is 78.2 Å². The molecule has 1 nitrogen and oxygen atoms in total. The van der Waals surface area contributed by atoms with Crippen LogP contribution >= 0.6 is 0 Å². The van der Waals surface area contributed by atoms with E-state index in [1.54, 1.807) is 5.57 Å². The molecular formula is C23H36O. The quantitative estimate of drug-likeness (QED) is 0.608. The molecule has 0 spiro atoms. The number of hydrogen-bond donors (Lipinski definition) is 1. The standard InChI is InChI=1S/C23H36O/c1-6-16-13-17-7-8-18-19(21(17,3)14-15(16)2)9-11-22(4)20(18)10-12-23(22,5)24/h6,13,15-16,18-20,24H,1,7-12,14H2,2-5H3/t15?,16?,18?,19?,20?,21?,22?,23-/m0/s1. The van der Waals surface area contributed by atoms with Crippen molar-refractivity contribution >= 4 is 0 Å². The third-order valence-electron chi connectivity index (χ3n) is 9.37. The lowest BCUT2D eigenvalue weighted by Crippen LogP contribution is -2.54. The van der Waals surface area contributed by atoms with Gasteiger partial charge in [0.2, 0.25) is 0 Å². The SMILES string of the molecule is C=CC1C=C2CCC3C(CCC4(C)C3CC[C@]4(C)O)C2(C)CC1C. The van der Waals surface area contributed by atoms with E-state index in [0.29, 0.717) is 11.3 Å². The van der Waals surface area contributed by atoms with Crippen molar-refractivity contribution in [3.05, 3.63) is 24.3 Å². The Morgan fingerprint density at radius 2 is 1.83 bits per heavy atom. The molecule has 0 amide bonds. The molecule has 8 atom stereocenters. The first kappa shape index (κ1) is 16.9. The Hall–Kier alpha value is -0.560. The Morgan fingerprint density at radius 1 is 1.12 bits per heavy atom. The van der Waals surface area contributed by atoms with Crippen LogP contribution in [0.15, 0.2) is 24.3 Å². The van der Waals surface area contributed by atoms with E-state index in [1.807, 2.05) is 0 Å². The summed E-state index contributed by atoms with van der Waals surface area (Å²) >= 11 is 0. The van der Waals surface area contributed by atoms with E-state index in [-0.39, 0.29) is 5.41 Å². The molecule has 0 heterocycles. The molecular weight excluding hydrogens is 292 g/mol. The monoisotopic (exact) mass is 328 g/mol. The molecule has 0 radical (unpaired) electrons. The van der Waals surface area contributed by atoms with E-state index in [2.05, 4.69) is 46.4 Å². The summed E-state index contributed by atoms with van der Waals surface area (Å²) in [6.45, 7) is 13.6. The molecule has 0 bridgehead atoms. The zero-order valence-electron chi connectivity index (χ0n) is 16.1. The summed E-state index contributed by atoms with van der Waals surface area (Å²) in [5.41, 5.74) is 1.83. The van der Waals surface area contributed by atoms with Crippen LogP contribution in [0.3, 0.4) is 0 Å². The minimum absolute atomic E-state index is 0.148. The van der Waals surface area contributed by atoms with E-state index in [0.717, 1.165) is 30.1 Å². The fraction of sp³-hybridized carbons (Fsp3) is 0.826. The van der Waals surface area contributed by atoms with Crippen molar-refractivity contribution in [1.29, 1.82) is 0 Å². The maximum Gasteiger partial charge on any atom is 0.0675 e. The van der Waals surface area contributed by atoms with Gasteiger partial charge in [0.1, 0.15) is 0 Å². The molecule has 7 unspecified atom stereocenters. The summed E-state index contributed by atoms with van der Waals surface area (Å²) < 4.78 is 0. The van der Waals surface area contributed by atoms with Crippen molar-refractivity contribution in [3.8, 4) is 0 Å². The molecule has 0 aromatic rings. The Kier molecular flexibility index (Phi) is 3.67. The van der Waals surface area contributed by atoms with E-state index in [4.69, 9.17) is 0 Å². The fourth-order valence-electron chi connectivity index (χ4n) is 7.63. The molecule has 0 saturated heterocycles. The van der Waals surface area contributed by atoms with Crippen LogP contribution in [0.25, 0.3) is 0 Å². The van der Waals surface area contributed by atoms with Crippen molar-refractivity contribution in [2.75, 3.05) is 0 Å². The summed E-state index contributed by atoms with van der Waals surface area (Å²) in [6.07, 6.45) is 13.5. The topological polar surface area (TPSA) is 20.2 Å². The van der Waals surface area contributed by atoms with Crippen LogP contribution in [0.4, 0.5) is 0 Å². The molecule has 3 fully saturated rings. The highest BCUT2D eigenvalue weighted by molar-refractivity contribution is 5.27. The first-order chi connectivity index (χ1) is 11.2. The van der Waals surface area contributed by atoms with E-state index < -0.39 is 5.60 Å². The van der Waals surface area contributed by atoms with Gasteiger partial charge in [0.15, 0.2) is 0 Å². The predicted molar refractivity (Wildman–Crippen MR) is 101 cm³/mol. The third-order valence-corrected chi connectivity index (χ3v) is 9.37. The summed E-state index contributed by atoms with van der Waals surface area (Å²) in [4.78, 5) is 0. The average Bonchev–Trinajstić information content (AvgIpc) is 2.76.